The van der Waals surface area contributed by atoms with Crippen LogP contribution < -0.4 is 0 Å². The molecule has 1 N–H and O–H groups in total. The van der Waals surface area contributed by atoms with Crippen LogP contribution in [-0.4, -0.2) is 74.4 Å². The fourth-order valence-corrected chi connectivity index (χ4v) is 2.56. The van der Waals surface area contributed by atoms with Crippen molar-refractivity contribution < 1.29 is 14.6 Å². The molecule has 1 aliphatic heterocycles. The number of carboxylic acids is 1. The van der Waals surface area contributed by atoms with Crippen LogP contribution in [0.15, 0.2) is 0 Å². The van der Waals surface area contributed by atoms with Gasteiger partial charge in [0.25, 0.3) is 0 Å². The van der Waals surface area contributed by atoms with Crippen LogP contribution in [-0.2, 0) is 9.53 Å². The number of ether oxygens (including phenoxy) is 1. The third kappa shape index (κ3) is 5.09. The van der Waals surface area contributed by atoms with Gasteiger partial charge in [-0.2, -0.15) is 0 Å². The molecule has 0 unspecified atom stereocenters. The molecule has 0 atom stereocenters. The molecule has 1 aliphatic rings. The van der Waals surface area contributed by atoms with Gasteiger partial charge < -0.3 is 19.6 Å². The standard InChI is InChI=1S/C14H28N2O3/c1-4-7-16(9-8-15(2)3)12-14(13(17)18)5-10-19-11-6-14/h4-12H2,1-3H3,(H,17,18). The average Bonchev–Trinajstić information content (AvgIpc) is 2.37. The maximum absolute atomic E-state index is 11.7. The van der Waals surface area contributed by atoms with Crippen molar-refractivity contribution in [2.24, 2.45) is 5.41 Å². The first-order chi connectivity index (χ1) is 9.00. The maximum Gasteiger partial charge on any atom is 0.311 e. The van der Waals surface area contributed by atoms with Crippen LogP contribution in [0.25, 0.3) is 0 Å². The van der Waals surface area contributed by atoms with Crippen LogP contribution >= 0.6 is 0 Å². The summed E-state index contributed by atoms with van der Waals surface area (Å²) in [6.45, 7) is 6.78. The van der Waals surface area contributed by atoms with E-state index in [4.69, 9.17) is 4.74 Å². The predicted octanol–water partition coefficient (Wildman–Crippen LogP) is 1.14. The Morgan fingerprint density at radius 2 is 1.84 bits per heavy atom. The normalized spacial score (nSPS) is 19.0. The fourth-order valence-electron chi connectivity index (χ4n) is 2.56. The van der Waals surface area contributed by atoms with E-state index in [0.717, 1.165) is 26.1 Å². The summed E-state index contributed by atoms with van der Waals surface area (Å²) < 4.78 is 5.32. The lowest BCUT2D eigenvalue weighted by molar-refractivity contribution is -0.156. The summed E-state index contributed by atoms with van der Waals surface area (Å²) in [5.74, 6) is -0.665. The van der Waals surface area contributed by atoms with Crippen molar-refractivity contribution in [1.82, 2.24) is 9.80 Å². The lowest BCUT2D eigenvalue weighted by Gasteiger charge is -2.38. The minimum atomic E-state index is -0.665. The van der Waals surface area contributed by atoms with Gasteiger partial charge in [0.1, 0.15) is 0 Å². The molecule has 0 radical (unpaired) electrons. The van der Waals surface area contributed by atoms with Gasteiger partial charge >= 0.3 is 5.97 Å². The molecule has 5 heteroatoms. The topological polar surface area (TPSA) is 53.0 Å². The number of hydrogen-bond acceptors (Lipinski definition) is 4. The Labute approximate surface area is 116 Å². The van der Waals surface area contributed by atoms with Crippen LogP contribution in [0.5, 0.6) is 0 Å². The molecule has 1 fully saturated rings. The Morgan fingerprint density at radius 3 is 2.32 bits per heavy atom. The largest absolute Gasteiger partial charge is 0.481 e. The van der Waals surface area contributed by atoms with E-state index >= 15 is 0 Å². The molecule has 0 bridgehead atoms. The van der Waals surface area contributed by atoms with Crippen LogP contribution in [0.3, 0.4) is 0 Å². The van der Waals surface area contributed by atoms with Gasteiger partial charge in [-0.1, -0.05) is 6.92 Å². The first kappa shape index (κ1) is 16.4. The summed E-state index contributed by atoms with van der Waals surface area (Å²) in [4.78, 5) is 16.1. The van der Waals surface area contributed by atoms with Crippen molar-refractivity contribution in [3.8, 4) is 0 Å². The molecule has 5 nitrogen and oxygen atoms in total. The molecule has 1 rings (SSSR count). The number of aliphatic carboxylic acids is 1. The molecule has 0 aliphatic carbocycles. The molecule has 0 aromatic carbocycles. The third-order valence-corrected chi connectivity index (χ3v) is 3.83. The number of carbonyl (C=O) groups is 1. The Balaban J connectivity index is 2.64. The van der Waals surface area contributed by atoms with E-state index in [-0.39, 0.29) is 0 Å². The van der Waals surface area contributed by atoms with Crippen LogP contribution in [0.1, 0.15) is 26.2 Å². The monoisotopic (exact) mass is 272 g/mol. The van der Waals surface area contributed by atoms with E-state index < -0.39 is 11.4 Å². The second kappa shape index (κ2) is 7.82. The van der Waals surface area contributed by atoms with E-state index in [1.807, 2.05) is 14.1 Å². The van der Waals surface area contributed by atoms with Gasteiger partial charge in [-0.15, -0.1) is 0 Å². The number of likely N-dealkylation sites (N-methyl/N-ethyl adjacent to an activating group) is 1. The third-order valence-electron chi connectivity index (χ3n) is 3.83. The Morgan fingerprint density at radius 1 is 1.21 bits per heavy atom. The van der Waals surface area contributed by atoms with E-state index in [9.17, 15) is 9.90 Å². The molecular weight excluding hydrogens is 244 g/mol. The molecular formula is C14H28N2O3. The van der Waals surface area contributed by atoms with Gasteiger partial charge in [0.15, 0.2) is 0 Å². The second-order valence-corrected chi connectivity index (χ2v) is 5.78. The first-order valence-corrected chi connectivity index (χ1v) is 7.18. The number of rotatable bonds is 8. The van der Waals surface area contributed by atoms with Gasteiger partial charge in [0.05, 0.1) is 5.41 Å². The predicted molar refractivity (Wildman–Crippen MR) is 75.4 cm³/mol. The number of nitrogens with zero attached hydrogens (tertiary/aromatic N) is 2. The highest BCUT2D eigenvalue weighted by Gasteiger charge is 2.41. The van der Waals surface area contributed by atoms with Gasteiger partial charge in [0.2, 0.25) is 0 Å². The Bertz CT molecular complexity index is 276. The van der Waals surface area contributed by atoms with Crippen LogP contribution in [0.2, 0.25) is 0 Å². The maximum atomic E-state index is 11.7. The van der Waals surface area contributed by atoms with Gasteiger partial charge in [-0.05, 0) is 39.9 Å². The molecule has 0 amide bonds. The quantitative estimate of drug-likeness (QED) is 0.718. The summed E-state index contributed by atoms with van der Waals surface area (Å²) in [6.07, 6.45) is 2.31. The molecule has 0 aromatic heterocycles. The van der Waals surface area contributed by atoms with Crippen LogP contribution in [0, 0.1) is 5.41 Å². The zero-order valence-electron chi connectivity index (χ0n) is 12.5. The van der Waals surface area contributed by atoms with Gasteiger partial charge in [0, 0.05) is 32.8 Å². The summed E-state index contributed by atoms with van der Waals surface area (Å²) >= 11 is 0. The second-order valence-electron chi connectivity index (χ2n) is 5.78. The van der Waals surface area contributed by atoms with Gasteiger partial charge in [-0.3, -0.25) is 4.79 Å². The van der Waals surface area contributed by atoms with Crippen molar-refractivity contribution in [3.63, 3.8) is 0 Å². The lowest BCUT2D eigenvalue weighted by atomic mass is 9.79. The molecule has 1 saturated heterocycles. The summed E-state index contributed by atoms with van der Waals surface area (Å²) in [5.41, 5.74) is -0.611. The van der Waals surface area contributed by atoms with Crippen molar-refractivity contribution in [2.45, 2.75) is 26.2 Å². The zero-order chi connectivity index (χ0) is 14.3. The highest BCUT2D eigenvalue weighted by Crippen LogP contribution is 2.32. The van der Waals surface area contributed by atoms with E-state index in [1.165, 1.54) is 0 Å². The highest BCUT2D eigenvalue weighted by atomic mass is 16.5. The number of carboxylic acid groups (broad SMARTS) is 1. The Hall–Kier alpha value is -0.650. The van der Waals surface area contributed by atoms with Crippen molar-refractivity contribution in [2.75, 3.05) is 53.5 Å². The number of hydrogen-bond donors (Lipinski definition) is 1. The molecule has 0 aromatic rings. The molecule has 0 saturated carbocycles. The summed E-state index contributed by atoms with van der Waals surface area (Å²) in [7, 11) is 4.09. The molecule has 19 heavy (non-hydrogen) atoms. The SMILES string of the molecule is CCCN(CCN(C)C)CC1(C(=O)O)CCOCC1. The molecule has 0 spiro atoms. The molecule has 112 valence electrons. The van der Waals surface area contributed by atoms with Crippen LogP contribution in [0.4, 0.5) is 0 Å². The zero-order valence-corrected chi connectivity index (χ0v) is 12.5. The van der Waals surface area contributed by atoms with Crippen molar-refractivity contribution >= 4 is 5.97 Å². The fraction of sp³-hybridized carbons (Fsp3) is 0.929. The van der Waals surface area contributed by atoms with Crippen molar-refractivity contribution in [1.29, 1.82) is 0 Å². The average molecular weight is 272 g/mol. The van der Waals surface area contributed by atoms with E-state index in [1.54, 1.807) is 0 Å². The smallest absolute Gasteiger partial charge is 0.311 e. The summed E-state index contributed by atoms with van der Waals surface area (Å²) in [5, 5.41) is 9.59. The minimum Gasteiger partial charge on any atom is -0.481 e. The lowest BCUT2D eigenvalue weighted by Crippen LogP contribution is -2.48. The van der Waals surface area contributed by atoms with E-state index in [2.05, 4.69) is 16.7 Å². The first-order valence-electron chi connectivity index (χ1n) is 7.18. The van der Waals surface area contributed by atoms with Gasteiger partial charge in [-0.25, -0.2) is 0 Å². The summed E-state index contributed by atoms with van der Waals surface area (Å²) in [6, 6.07) is 0. The van der Waals surface area contributed by atoms with E-state index in [0.29, 0.717) is 32.6 Å². The Kier molecular flexibility index (Phi) is 6.75. The van der Waals surface area contributed by atoms with Crippen molar-refractivity contribution in [3.05, 3.63) is 0 Å². The highest BCUT2D eigenvalue weighted by molar-refractivity contribution is 5.75. The minimum absolute atomic E-state index is 0.569. The molecule has 1 heterocycles.